The summed E-state index contributed by atoms with van der Waals surface area (Å²) in [5, 5.41) is 3.61. The molecule has 0 radical (unpaired) electrons. The maximum absolute atomic E-state index is 5.12. The topological polar surface area (TPSA) is 24.5 Å². The Labute approximate surface area is 108 Å². The lowest BCUT2D eigenvalue weighted by Gasteiger charge is -2.22. The zero-order chi connectivity index (χ0) is 12.9. The molecule has 3 heteroatoms. The van der Waals surface area contributed by atoms with Crippen LogP contribution in [0.3, 0.4) is 0 Å². The van der Waals surface area contributed by atoms with Crippen LogP contribution in [0.5, 0.6) is 0 Å². The molecule has 0 aromatic rings. The molecule has 0 aliphatic heterocycles. The van der Waals surface area contributed by atoms with Crippen molar-refractivity contribution in [1.29, 1.82) is 0 Å². The van der Waals surface area contributed by atoms with Crippen molar-refractivity contribution in [1.82, 2.24) is 10.2 Å². The molecule has 0 heterocycles. The zero-order valence-corrected chi connectivity index (χ0v) is 12.3. The van der Waals surface area contributed by atoms with Crippen LogP contribution in [0.4, 0.5) is 0 Å². The van der Waals surface area contributed by atoms with Crippen LogP contribution < -0.4 is 5.32 Å². The maximum Gasteiger partial charge on any atom is 0.0589 e. The van der Waals surface area contributed by atoms with E-state index in [0.717, 1.165) is 26.2 Å². The summed E-state index contributed by atoms with van der Waals surface area (Å²) in [6.07, 6.45) is 5.04. The fraction of sp³-hybridized carbons (Fsp3) is 1.00. The molecular weight excluding hydrogens is 212 g/mol. The normalized spacial score (nSPS) is 13.2. The summed E-state index contributed by atoms with van der Waals surface area (Å²) >= 11 is 0. The van der Waals surface area contributed by atoms with Crippen molar-refractivity contribution in [2.24, 2.45) is 0 Å². The fourth-order valence-electron chi connectivity index (χ4n) is 2.01. The first kappa shape index (κ1) is 16.9. The van der Waals surface area contributed by atoms with Crippen LogP contribution in [-0.2, 0) is 4.74 Å². The van der Waals surface area contributed by atoms with E-state index in [1.807, 2.05) is 0 Å². The number of hydrogen-bond donors (Lipinski definition) is 1. The molecule has 0 aromatic heterocycles. The van der Waals surface area contributed by atoms with E-state index in [1.165, 1.54) is 32.2 Å². The molecule has 3 nitrogen and oxygen atoms in total. The minimum absolute atomic E-state index is 0.705. The summed E-state index contributed by atoms with van der Waals surface area (Å²) in [6, 6.07) is 0.705. The van der Waals surface area contributed by atoms with Crippen LogP contribution in [0.2, 0.25) is 0 Å². The van der Waals surface area contributed by atoms with Gasteiger partial charge in [0.2, 0.25) is 0 Å². The third-order valence-electron chi connectivity index (χ3n) is 3.26. The molecule has 0 aliphatic rings. The average molecular weight is 244 g/mol. The van der Waals surface area contributed by atoms with Gasteiger partial charge in [0.1, 0.15) is 0 Å². The lowest BCUT2D eigenvalue weighted by atomic mass is 10.1. The van der Waals surface area contributed by atoms with E-state index in [0.29, 0.717) is 6.04 Å². The molecule has 1 atom stereocenters. The van der Waals surface area contributed by atoms with Gasteiger partial charge in [-0.25, -0.2) is 0 Å². The fourth-order valence-corrected chi connectivity index (χ4v) is 2.01. The van der Waals surface area contributed by atoms with Crippen molar-refractivity contribution in [2.75, 3.05) is 39.9 Å². The minimum atomic E-state index is 0.705. The van der Waals surface area contributed by atoms with Crippen LogP contribution in [0.1, 0.15) is 46.5 Å². The van der Waals surface area contributed by atoms with Gasteiger partial charge in [-0.1, -0.05) is 20.8 Å². The second-order valence-electron chi connectivity index (χ2n) is 4.63. The summed E-state index contributed by atoms with van der Waals surface area (Å²) in [6.45, 7) is 12.1. The number of methoxy groups -OCH3 is 1. The Morgan fingerprint density at radius 1 is 1.18 bits per heavy atom. The molecule has 0 saturated heterocycles. The van der Waals surface area contributed by atoms with E-state index in [9.17, 15) is 0 Å². The van der Waals surface area contributed by atoms with Crippen LogP contribution in [0.15, 0.2) is 0 Å². The van der Waals surface area contributed by atoms with Crippen molar-refractivity contribution >= 4 is 0 Å². The lowest BCUT2D eigenvalue weighted by molar-refractivity contribution is 0.149. The maximum atomic E-state index is 5.12. The number of rotatable bonds is 12. The van der Waals surface area contributed by atoms with E-state index in [2.05, 4.69) is 31.0 Å². The molecule has 1 N–H and O–H groups in total. The van der Waals surface area contributed by atoms with Crippen LogP contribution >= 0.6 is 0 Å². The van der Waals surface area contributed by atoms with Crippen LogP contribution in [0, 0.1) is 0 Å². The van der Waals surface area contributed by atoms with Gasteiger partial charge in [0, 0.05) is 19.7 Å². The highest BCUT2D eigenvalue weighted by Crippen LogP contribution is 2.03. The quantitative estimate of drug-likeness (QED) is 0.571. The molecule has 0 aliphatic carbocycles. The monoisotopic (exact) mass is 244 g/mol. The van der Waals surface area contributed by atoms with Gasteiger partial charge in [0.05, 0.1) is 6.61 Å². The SMILES string of the molecule is CCCNC(CC)CCCN(CC)CCOC. The second-order valence-corrected chi connectivity index (χ2v) is 4.63. The van der Waals surface area contributed by atoms with E-state index < -0.39 is 0 Å². The van der Waals surface area contributed by atoms with E-state index in [1.54, 1.807) is 7.11 Å². The first-order chi connectivity index (χ1) is 8.28. The van der Waals surface area contributed by atoms with E-state index in [4.69, 9.17) is 4.74 Å². The second kappa shape index (κ2) is 12.3. The Bertz CT molecular complexity index is 137. The highest BCUT2D eigenvalue weighted by atomic mass is 16.5. The first-order valence-electron chi connectivity index (χ1n) is 7.23. The molecule has 0 spiro atoms. The predicted molar refractivity (Wildman–Crippen MR) is 75.6 cm³/mol. The molecule has 0 amide bonds. The number of likely N-dealkylation sites (N-methyl/N-ethyl adjacent to an activating group) is 1. The molecule has 1 unspecified atom stereocenters. The van der Waals surface area contributed by atoms with Gasteiger partial charge in [-0.3, -0.25) is 0 Å². The van der Waals surface area contributed by atoms with Gasteiger partial charge < -0.3 is 15.0 Å². The van der Waals surface area contributed by atoms with E-state index in [-0.39, 0.29) is 0 Å². The Balaban J connectivity index is 3.61. The molecule has 0 aromatic carbocycles. The minimum Gasteiger partial charge on any atom is -0.383 e. The van der Waals surface area contributed by atoms with Crippen molar-refractivity contribution in [3.63, 3.8) is 0 Å². The number of hydrogen-bond acceptors (Lipinski definition) is 3. The number of nitrogens with zero attached hydrogens (tertiary/aromatic N) is 1. The zero-order valence-electron chi connectivity index (χ0n) is 12.3. The number of ether oxygens (including phenoxy) is 1. The van der Waals surface area contributed by atoms with Crippen molar-refractivity contribution in [3.8, 4) is 0 Å². The van der Waals surface area contributed by atoms with Crippen LogP contribution in [0.25, 0.3) is 0 Å². The van der Waals surface area contributed by atoms with Gasteiger partial charge >= 0.3 is 0 Å². The van der Waals surface area contributed by atoms with Crippen molar-refractivity contribution < 1.29 is 4.74 Å². The standard InChI is InChI=1S/C14H32N2O/c1-5-10-15-14(6-2)9-8-11-16(7-3)12-13-17-4/h14-15H,5-13H2,1-4H3. The van der Waals surface area contributed by atoms with Gasteiger partial charge in [-0.2, -0.15) is 0 Å². The van der Waals surface area contributed by atoms with Crippen LogP contribution in [-0.4, -0.2) is 50.8 Å². The Kier molecular flexibility index (Phi) is 12.3. The first-order valence-corrected chi connectivity index (χ1v) is 7.23. The highest BCUT2D eigenvalue weighted by Gasteiger charge is 2.06. The molecule has 0 saturated carbocycles. The smallest absolute Gasteiger partial charge is 0.0589 e. The molecular formula is C14H32N2O. The Morgan fingerprint density at radius 3 is 2.47 bits per heavy atom. The van der Waals surface area contributed by atoms with Crippen molar-refractivity contribution in [3.05, 3.63) is 0 Å². The molecule has 104 valence electrons. The van der Waals surface area contributed by atoms with Gasteiger partial charge in [-0.05, 0) is 45.3 Å². The number of nitrogens with one attached hydrogen (secondary N) is 1. The largest absolute Gasteiger partial charge is 0.383 e. The molecule has 0 bridgehead atoms. The molecule has 0 fully saturated rings. The molecule has 0 rings (SSSR count). The molecule has 17 heavy (non-hydrogen) atoms. The van der Waals surface area contributed by atoms with Gasteiger partial charge in [0.15, 0.2) is 0 Å². The third kappa shape index (κ3) is 9.57. The Hall–Kier alpha value is -0.120. The third-order valence-corrected chi connectivity index (χ3v) is 3.26. The average Bonchev–Trinajstić information content (AvgIpc) is 2.37. The Morgan fingerprint density at radius 2 is 1.94 bits per heavy atom. The summed E-state index contributed by atoms with van der Waals surface area (Å²) in [5.74, 6) is 0. The predicted octanol–water partition coefficient (Wildman–Crippen LogP) is 2.51. The summed E-state index contributed by atoms with van der Waals surface area (Å²) in [7, 11) is 1.77. The summed E-state index contributed by atoms with van der Waals surface area (Å²) in [4.78, 5) is 2.47. The van der Waals surface area contributed by atoms with Gasteiger partial charge in [-0.15, -0.1) is 0 Å². The van der Waals surface area contributed by atoms with Crippen molar-refractivity contribution in [2.45, 2.75) is 52.5 Å². The highest BCUT2D eigenvalue weighted by molar-refractivity contribution is 4.66. The summed E-state index contributed by atoms with van der Waals surface area (Å²) < 4.78 is 5.12. The summed E-state index contributed by atoms with van der Waals surface area (Å²) in [5.41, 5.74) is 0. The van der Waals surface area contributed by atoms with E-state index >= 15 is 0 Å². The lowest BCUT2D eigenvalue weighted by Crippen LogP contribution is -2.32. The van der Waals surface area contributed by atoms with Gasteiger partial charge in [0.25, 0.3) is 0 Å².